The Morgan fingerprint density at radius 1 is 1.40 bits per heavy atom. The fraction of sp³-hybridized carbons (Fsp3) is 0.917. The Morgan fingerprint density at radius 3 is 2.47 bits per heavy atom. The van der Waals surface area contributed by atoms with Crippen LogP contribution < -0.4 is 0 Å². The van der Waals surface area contributed by atoms with E-state index in [0.29, 0.717) is 0 Å². The number of hydrogen-bond acceptors (Lipinski definition) is 1. The lowest BCUT2D eigenvalue weighted by Gasteiger charge is -2.49. The smallest absolute Gasteiger partial charge is 0.177 e. The first kappa shape index (κ1) is 13.5. The van der Waals surface area contributed by atoms with Gasteiger partial charge in [-0.05, 0) is 38.9 Å². The summed E-state index contributed by atoms with van der Waals surface area (Å²) in [6.07, 6.45) is 3.83. The summed E-state index contributed by atoms with van der Waals surface area (Å²) in [6, 6.07) is 3.98. The van der Waals surface area contributed by atoms with Gasteiger partial charge >= 0.3 is 0 Å². The van der Waals surface area contributed by atoms with Gasteiger partial charge in [-0.15, -0.1) is 0 Å². The maximum Gasteiger partial charge on any atom is 0.177 e. The van der Waals surface area contributed by atoms with Crippen molar-refractivity contribution in [1.82, 2.24) is 0 Å². The molecule has 15 heavy (non-hydrogen) atoms. The summed E-state index contributed by atoms with van der Waals surface area (Å²) in [5.74, 6) is 0. The first-order valence-corrected chi connectivity index (χ1v) is 13.0. The van der Waals surface area contributed by atoms with Crippen molar-refractivity contribution in [2.24, 2.45) is 0 Å². The molecule has 0 aromatic carbocycles. The molecule has 3 heteroatoms. The van der Waals surface area contributed by atoms with Crippen molar-refractivity contribution >= 4 is 15.4 Å². The van der Waals surface area contributed by atoms with E-state index in [1.165, 1.54) is 25.3 Å². The van der Waals surface area contributed by atoms with E-state index in [1.807, 2.05) is 0 Å². The van der Waals surface area contributed by atoms with Crippen molar-refractivity contribution < 1.29 is 4.43 Å². The van der Waals surface area contributed by atoms with E-state index in [2.05, 4.69) is 46.5 Å². The third-order valence-corrected chi connectivity index (χ3v) is 20.3. The maximum absolute atomic E-state index is 6.55. The van der Waals surface area contributed by atoms with E-state index in [0.717, 1.165) is 0 Å². The fourth-order valence-corrected chi connectivity index (χ4v) is 13.4. The zero-order chi connectivity index (χ0) is 11.7. The van der Waals surface area contributed by atoms with Gasteiger partial charge in [-0.1, -0.05) is 32.9 Å². The molecular formula is C12H27OSi2. The van der Waals surface area contributed by atoms with Crippen LogP contribution in [0.2, 0.25) is 25.7 Å². The van der Waals surface area contributed by atoms with Crippen LogP contribution in [0.5, 0.6) is 0 Å². The molecule has 1 atom stereocenters. The quantitative estimate of drug-likeness (QED) is 0.678. The summed E-state index contributed by atoms with van der Waals surface area (Å²) in [6.45, 7) is 14.3. The van der Waals surface area contributed by atoms with Gasteiger partial charge in [0, 0.05) is 0 Å². The van der Waals surface area contributed by atoms with Crippen molar-refractivity contribution in [3.8, 4) is 0 Å². The summed E-state index contributed by atoms with van der Waals surface area (Å²) in [5, 5.41) is 0. The second kappa shape index (κ2) is 4.34. The normalized spacial score (nSPS) is 31.6. The van der Waals surface area contributed by atoms with Crippen LogP contribution in [0.25, 0.3) is 0 Å². The Bertz CT molecular complexity index is 226. The summed E-state index contributed by atoms with van der Waals surface area (Å²) in [7, 11) is -2.66. The Labute approximate surface area is 97.5 Å². The summed E-state index contributed by atoms with van der Waals surface area (Å²) < 4.78 is 6.55. The lowest BCUT2D eigenvalue weighted by atomic mass is 10.0. The molecule has 0 aromatic rings. The summed E-state index contributed by atoms with van der Waals surface area (Å²) in [4.78, 5) is 0. The standard InChI is InChI=1S/C12H27OSi2/c1-7-10-14(4,5)15(6)11-8-9-12(2,3)13-15/h10H,7-9,11H2,1-6H3. The third kappa shape index (κ3) is 2.95. The maximum atomic E-state index is 6.55. The minimum Gasteiger partial charge on any atom is -0.415 e. The van der Waals surface area contributed by atoms with Crippen LogP contribution in [0.1, 0.15) is 40.0 Å². The van der Waals surface area contributed by atoms with Crippen LogP contribution >= 0.6 is 0 Å². The van der Waals surface area contributed by atoms with Crippen molar-refractivity contribution in [3.63, 3.8) is 0 Å². The van der Waals surface area contributed by atoms with Crippen molar-refractivity contribution in [1.29, 1.82) is 0 Å². The Kier molecular flexibility index (Phi) is 3.89. The lowest BCUT2D eigenvalue weighted by molar-refractivity contribution is 0.0765. The van der Waals surface area contributed by atoms with E-state index in [9.17, 15) is 0 Å². The van der Waals surface area contributed by atoms with Gasteiger partial charge in [-0.25, -0.2) is 0 Å². The van der Waals surface area contributed by atoms with E-state index in [1.54, 1.807) is 0 Å². The van der Waals surface area contributed by atoms with Gasteiger partial charge in [0.15, 0.2) is 7.83 Å². The average molecular weight is 244 g/mol. The highest BCUT2D eigenvalue weighted by molar-refractivity contribution is 7.40. The second-order valence-electron chi connectivity index (χ2n) is 6.28. The van der Waals surface area contributed by atoms with Crippen LogP contribution in [-0.2, 0) is 4.43 Å². The Morgan fingerprint density at radius 2 is 2.00 bits per heavy atom. The van der Waals surface area contributed by atoms with Gasteiger partial charge in [-0.2, -0.15) is 0 Å². The molecule has 0 spiro atoms. The first-order chi connectivity index (χ1) is 6.72. The highest BCUT2D eigenvalue weighted by atomic mass is 29.3. The Hall–Kier alpha value is 0.394. The Balaban J connectivity index is 2.81. The van der Waals surface area contributed by atoms with Crippen LogP contribution in [0, 0.1) is 6.04 Å². The zero-order valence-corrected chi connectivity index (χ0v) is 13.3. The van der Waals surface area contributed by atoms with E-state index in [4.69, 9.17) is 4.43 Å². The fourth-order valence-electron chi connectivity index (χ4n) is 2.74. The highest BCUT2D eigenvalue weighted by Crippen LogP contribution is 2.39. The van der Waals surface area contributed by atoms with Gasteiger partial charge in [0.05, 0.1) is 13.2 Å². The van der Waals surface area contributed by atoms with Gasteiger partial charge in [-0.3, -0.25) is 0 Å². The van der Waals surface area contributed by atoms with Crippen molar-refractivity contribution in [2.45, 2.75) is 71.3 Å². The van der Waals surface area contributed by atoms with Gasteiger partial charge < -0.3 is 4.43 Å². The first-order valence-electron chi connectivity index (χ1n) is 6.27. The highest BCUT2D eigenvalue weighted by Gasteiger charge is 2.50. The predicted molar refractivity (Wildman–Crippen MR) is 72.9 cm³/mol. The molecule has 0 aromatic heterocycles. The number of hydrogen-bond donors (Lipinski definition) is 0. The van der Waals surface area contributed by atoms with Gasteiger partial charge in [0.25, 0.3) is 0 Å². The van der Waals surface area contributed by atoms with E-state index in [-0.39, 0.29) is 5.60 Å². The third-order valence-electron chi connectivity index (χ3n) is 4.01. The van der Waals surface area contributed by atoms with E-state index >= 15 is 0 Å². The van der Waals surface area contributed by atoms with Crippen molar-refractivity contribution in [3.05, 3.63) is 6.04 Å². The summed E-state index contributed by atoms with van der Waals surface area (Å²) in [5.41, 5.74) is 0.144. The predicted octanol–water partition coefficient (Wildman–Crippen LogP) is 4.09. The molecule has 1 aliphatic heterocycles. The summed E-state index contributed by atoms with van der Waals surface area (Å²) >= 11 is 0. The van der Waals surface area contributed by atoms with Gasteiger partial charge in [0.2, 0.25) is 0 Å². The van der Waals surface area contributed by atoms with Gasteiger partial charge in [0.1, 0.15) is 0 Å². The lowest BCUT2D eigenvalue weighted by Crippen LogP contribution is -2.64. The molecule has 1 nitrogen and oxygen atoms in total. The molecule has 0 amide bonds. The molecule has 0 saturated carbocycles. The largest absolute Gasteiger partial charge is 0.415 e. The van der Waals surface area contributed by atoms with Crippen LogP contribution in [-0.4, -0.2) is 21.0 Å². The molecule has 1 unspecified atom stereocenters. The average Bonchev–Trinajstić information content (AvgIpc) is 2.00. The monoisotopic (exact) mass is 243 g/mol. The molecule has 0 N–H and O–H groups in total. The van der Waals surface area contributed by atoms with Crippen LogP contribution in [0.4, 0.5) is 0 Å². The SMILES string of the molecule is CC[CH][Si](C)(C)[Si]1(C)CCCC(C)(C)O1. The molecule has 1 aliphatic rings. The van der Waals surface area contributed by atoms with Crippen LogP contribution in [0.3, 0.4) is 0 Å². The molecule has 1 saturated heterocycles. The second-order valence-corrected chi connectivity index (χ2v) is 20.3. The number of rotatable bonds is 3. The minimum atomic E-state index is -1.44. The topological polar surface area (TPSA) is 9.23 Å². The molecular weight excluding hydrogens is 216 g/mol. The molecule has 1 rings (SSSR count). The van der Waals surface area contributed by atoms with Crippen LogP contribution in [0.15, 0.2) is 0 Å². The molecule has 1 radical (unpaired) electrons. The molecule has 0 bridgehead atoms. The minimum absolute atomic E-state index is 0.144. The molecule has 89 valence electrons. The molecule has 1 fully saturated rings. The van der Waals surface area contributed by atoms with Crippen molar-refractivity contribution in [2.75, 3.05) is 0 Å². The van der Waals surface area contributed by atoms with E-state index < -0.39 is 15.4 Å². The molecule has 0 aliphatic carbocycles. The zero-order valence-electron chi connectivity index (χ0n) is 11.3. The molecule has 1 heterocycles.